The molecule has 8 heteroatoms. The maximum absolute atomic E-state index is 9.61. The van der Waals surface area contributed by atoms with Crippen molar-refractivity contribution in [3.05, 3.63) is 24.3 Å². The van der Waals surface area contributed by atoms with Crippen LogP contribution in [0.15, 0.2) is 24.3 Å². The fraction of sp³-hybridized carbons (Fsp3) is 0.467. The Balaban J connectivity index is -0.000000264. The fourth-order valence-corrected chi connectivity index (χ4v) is 0.850. The Bertz CT molecular complexity index is 418. The zero-order chi connectivity index (χ0) is 18.7. The summed E-state index contributed by atoms with van der Waals surface area (Å²) in [6.45, 7) is 6.43. The molecule has 0 rings (SSSR count). The Morgan fingerprint density at radius 1 is 0.739 bits per heavy atom. The number of carboxylic acid groups (broad SMARTS) is 2. The molecule has 4 N–H and O–H groups in total. The first-order chi connectivity index (χ1) is 10.8. The fourth-order valence-electron chi connectivity index (χ4n) is 0.850. The van der Waals surface area contributed by atoms with E-state index < -0.39 is 23.1 Å². The van der Waals surface area contributed by atoms with Gasteiger partial charge in [-0.15, -0.1) is 0 Å². The van der Waals surface area contributed by atoms with Gasteiger partial charge in [-0.25, -0.2) is 9.59 Å². The number of nitrogens with zero attached hydrogens (tertiary/aromatic N) is 2. The molecule has 0 heterocycles. The van der Waals surface area contributed by atoms with Crippen molar-refractivity contribution in [1.82, 2.24) is 0 Å². The molecule has 0 aliphatic rings. The quantitative estimate of drug-likeness (QED) is 0.294. The number of aliphatic hydroxyl groups excluding tert-OH is 2. The van der Waals surface area contributed by atoms with Crippen LogP contribution in [0.4, 0.5) is 0 Å². The summed E-state index contributed by atoms with van der Waals surface area (Å²) < 4.78 is 0. The van der Waals surface area contributed by atoms with E-state index in [-0.39, 0.29) is 0 Å². The highest BCUT2D eigenvalue weighted by atomic mass is 16.4. The number of carboxylic acids is 2. The molecule has 0 amide bonds. The van der Waals surface area contributed by atoms with Crippen LogP contribution in [0.3, 0.4) is 0 Å². The molecule has 0 atom stereocenters. The van der Waals surface area contributed by atoms with Crippen LogP contribution in [0.25, 0.3) is 0 Å². The Morgan fingerprint density at radius 3 is 1.13 bits per heavy atom. The molecule has 128 valence electrons. The molecule has 0 aromatic rings. The largest absolute Gasteiger partial charge is 0.477 e. The van der Waals surface area contributed by atoms with Gasteiger partial charge in [0.2, 0.25) is 0 Å². The van der Waals surface area contributed by atoms with Gasteiger partial charge in [-0.3, -0.25) is 0 Å². The van der Waals surface area contributed by atoms with Crippen LogP contribution in [0, 0.1) is 22.7 Å². The van der Waals surface area contributed by atoms with Gasteiger partial charge in [0.25, 0.3) is 0 Å². The highest BCUT2D eigenvalue weighted by Gasteiger charge is 1.98. The Hall–Kier alpha value is -2.68. The lowest BCUT2D eigenvalue weighted by atomic mass is 10.2. The van der Waals surface area contributed by atoms with E-state index >= 15 is 0 Å². The predicted molar refractivity (Wildman–Crippen MR) is 82.0 cm³/mol. The summed E-state index contributed by atoms with van der Waals surface area (Å²) >= 11 is 0. The summed E-state index contributed by atoms with van der Waals surface area (Å²) in [4.78, 5) is 19.2. The molecule has 0 aliphatic carbocycles. The minimum atomic E-state index is -1.26. The van der Waals surface area contributed by atoms with Gasteiger partial charge in [0.05, 0.1) is 0 Å². The number of hydrogen-bond acceptors (Lipinski definition) is 6. The van der Waals surface area contributed by atoms with Crippen LogP contribution in [-0.2, 0) is 9.59 Å². The molecule has 0 spiro atoms. The SMILES string of the molecule is C=C(C#N)C(=O)O.C=C(C#N)C(=O)O.OCCCCCCCO. The first kappa shape index (κ1) is 25.3. The van der Waals surface area contributed by atoms with Crippen LogP contribution in [-0.4, -0.2) is 45.6 Å². The number of unbranched alkanes of at least 4 members (excludes halogenated alkanes) is 4. The third-order valence-electron chi connectivity index (χ3n) is 2.10. The minimum absolute atomic E-state index is 0.305. The summed E-state index contributed by atoms with van der Waals surface area (Å²) in [6.07, 6.45) is 5.14. The molecular formula is C15H22N2O6. The summed E-state index contributed by atoms with van der Waals surface area (Å²) in [5.74, 6) is -2.52. The van der Waals surface area contributed by atoms with E-state index in [1.165, 1.54) is 12.1 Å². The highest BCUT2D eigenvalue weighted by Crippen LogP contribution is 2.00. The molecule has 0 aliphatic heterocycles. The number of hydrogen-bond donors (Lipinski definition) is 4. The molecule has 0 unspecified atom stereocenters. The van der Waals surface area contributed by atoms with E-state index in [1.807, 2.05) is 0 Å². The van der Waals surface area contributed by atoms with Crippen molar-refractivity contribution < 1.29 is 30.0 Å². The minimum Gasteiger partial charge on any atom is -0.477 e. The van der Waals surface area contributed by atoms with Gasteiger partial charge < -0.3 is 20.4 Å². The average molecular weight is 326 g/mol. The van der Waals surface area contributed by atoms with Crippen LogP contribution in [0.5, 0.6) is 0 Å². The van der Waals surface area contributed by atoms with Crippen molar-refractivity contribution in [2.75, 3.05) is 13.2 Å². The smallest absolute Gasteiger partial charge is 0.345 e. The van der Waals surface area contributed by atoms with E-state index in [9.17, 15) is 9.59 Å². The Labute approximate surface area is 135 Å². The number of aliphatic carboxylic acids is 2. The molecule has 0 bridgehead atoms. The predicted octanol–water partition coefficient (Wildman–Crippen LogP) is 1.22. The Kier molecular flexibility index (Phi) is 21.2. The van der Waals surface area contributed by atoms with Gasteiger partial charge in [-0.05, 0) is 12.8 Å². The second-order valence-corrected chi connectivity index (χ2v) is 4.01. The van der Waals surface area contributed by atoms with Crippen molar-refractivity contribution >= 4 is 11.9 Å². The van der Waals surface area contributed by atoms with Crippen molar-refractivity contribution in [3.8, 4) is 12.1 Å². The van der Waals surface area contributed by atoms with E-state index in [4.69, 9.17) is 30.9 Å². The molecule has 0 aromatic carbocycles. The highest BCUT2D eigenvalue weighted by molar-refractivity contribution is 5.90. The number of rotatable bonds is 8. The van der Waals surface area contributed by atoms with Crippen molar-refractivity contribution in [2.24, 2.45) is 0 Å². The molecule has 0 aromatic heterocycles. The molecule has 0 radical (unpaired) electrons. The van der Waals surface area contributed by atoms with E-state index in [1.54, 1.807) is 0 Å². The van der Waals surface area contributed by atoms with Gasteiger partial charge in [-0.2, -0.15) is 10.5 Å². The second kappa shape index (κ2) is 19.3. The van der Waals surface area contributed by atoms with Gasteiger partial charge in [0.1, 0.15) is 23.3 Å². The zero-order valence-corrected chi connectivity index (χ0v) is 12.9. The number of carbonyl (C=O) groups is 2. The normalized spacial score (nSPS) is 8.00. The number of aliphatic hydroxyl groups is 2. The van der Waals surface area contributed by atoms with Gasteiger partial charge in [-0.1, -0.05) is 32.4 Å². The van der Waals surface area contributed by atoms with Crippen LogP contribution < -0.4 is 0 Å². The molecule has 23 heavy (non-hydrogen) atoms. The number of nitriles is 2. The summed E-state index contributed by atoms with van der Waals surface area (Å²) in [7, 11) is 0. The van der Waals surface area contributed by atoms with Gasteiger partial charge in [0, 0.05) is 13.2 Å². The topological polar surface area (TPSA) is 163 Å². The lowest BCUT2D eigenvalue weighted by molar-refractivity contribution is -0.133. The lowest BCUT2D eigenvalue weighted by Crippen LogP contribution is -1.94. The Morgan fingerprint density at radius 2 is 1.00 bits per heavy atom. The summed E-state index contributed by atoms with van der Waals surface area (Å²) in [5, 5.41) is 48.0. The van der Waals surface area contributed by atoms with Gasteiger partial charge >= 0.3 is 11.9 Å². The van der Waals surface area contributed by atoms with Crippen molar-refractivity contribution in [3.63, 3.8) is 0 Å². The molecule has 0 saturated carbocycles. The first-order valence-corrected chi connectivity index (χ1v) is 6.64. The summed E-state index contributed by atoms with van der Waals surface area (Å²) in [5.41, 5.74) is -0.861. The van der Waals surface area contributed by atoms with Gasteiger partial charge in [0.15, 0.2) is 0 Å². The third kappa shape index (κ3) is 24.7. The standard InChI is InChI=1S/C7H16O2.2C4H3NO2/c8-6-4-2-1-3-5-7-9;2*1-3(2-5)4(6)7/h8-9H,1-7H2;2*1H2,(H,6,7). The van der Waals surface area contributed by atoms with Crippen LogP contribution in [0.1, 0.15) is 32.1 Å². The lowest BCUT2D eigenvalue weighted by Gasteiger charge is -1.95. The van der Waals surface area contributed by atoms with E-state index in [2.05, 4.69) is 13.2 Å². The molecule has 0 fully saturated rings. The van der Waals surface area contributed by atoms with Crippen molar-refractivity contribution in [1.29, 1.82) is 10.5 Å². The third-order valence-corrected chi connectivity index (χ3v) is 2.10. The maximum Gasteiger partial charge on any atom is 0.345 e. The van der Waals surface area contributed by atoms with Crippen LogP contribution >= 0.6 is 0 Å². The molecule has 0 saturated heterocycles. The second-order valence-electron chi connectivity index (χ2n) is 4.01. The monoisotopic (exact) mass is 326 g/mol. The van der Waals surface area contributed by atoms with E-state index in [0.717, 1.165) is 32.1 Å². The van der Waals surface area contributed by atoms with Crippen LogP contribution in [0.2, 0.25) is 0 Å². The average Bonchev–Trinajstić information content (AvgIpc) is 2.54. The molecular weight excluding hydrogens is 304 g/mol. The maximum atomic E-state index is 9.61. The first-order valence-electron chi connectivity index (χ1n) is 6.64. The molecule has 8 nitrogen and oxygen atoms in total. The van der Waals surface area contributed by atoms with E-state index in [0.29, 0.717) is 13.2 Å². The van der Waals surface area contributed by atoms with Crippen molar-refractivity contribution in [2.45, 2.75) is 32.1 Å². The zero-order valence-electron chi connectivity index (χ0n) is 12.9. The summed E-state index contributed by atoms with van der Waals surface area (Å²) in [6, 6.07) is 2.74.